The molecule has 20 heavy (non-hydrogen) atoms. The predicted molar refractivity (Wildman–Crippen MR) is 85.6 cm³/mol. The SMILES string of the molecule is Cc1ccc(Br)c(-n2c(C(C)Cl)nc3cnccc32)c1. The highest BCUT2D eigenvalue weighted by molar-refractivity contribution is 9.10. The number of alkyl halides is 1. The maximum absolute atomic E-state index is 6.30. The van der Waals surface area contributed by atoms with Gasteiger partial charge in [0.15, 0.2) is 0 Å². The maximum Gasteiger partial charge on any atom is 0.132 e. The molecule has 0 radical (unpaired) electrons. The fourth-order valence-corrected chi connectivity index (χ4v) is 2.84. The van der Waals surface area contributed by atoms with Crippen LogP contribution in [-0.4, -0.2) is 14.5 Å². The monoisotopic (exact) mass is 349 g/mol. The van der Waals surface area contributed by atoms with Gasteiger partial charge in [0.05, 0.1) is 22.8 Å². The van der Waals surface area contributed by atoms with Crippen molar-refractivity contribution in [1.29, 1.82) is 0 Å². The van der Waals surface area contributed by atoms with E-state index >= 15 is 0 Å². The Morgan fingerprint density at radius 2 is 2.10 bits per heavy atom. The van der Waals surface area contributed by atoms with E-state index < -0.39 is 0 Å². The lowest BCUT2D eigenvalue weighted by atomic mass is 10.2. The largest absolute Gasteiger partial charge is 0.294 e. The summed E-state index contributed by atoms with van der Waals surface area (Å²) in [7, 11) is 0. The molecule has 0 amide bonds. The van der Waals surface area contributed by atoms with Crippen LogP contribution in [0.3, 0.4) is 0 Å². The summed E-state index contributed by atoms with van der Waals surface area (Å²) in [4.78, 5) is 8.74. The standard InChI is InChI=1S/C15H13BrClN3/c1-9-3-4-11(16)14(7-9)20-13-5-6-18-8-12(13)19-15(20)10(2)17/h3-8,10H,1-2H3. The third-order valence-electron chi connectivity index (χ3n) is 3.18. The Hall–Kier alpha value is -1.39. The zero-order valence-electron chi connectivity index (χ0n) is 11.1. The second-order valence-corrected chi connectivity index (χ2v) is 6.25. The average molecular weight is 351 g/mol. The van der Waals surface area contributed by atoms with Gasteiger partial charge in [0.1, 0.15) is 11.3 Å². The number of aryl methyl sites for hydroxylation is 1. The molecule has 3 rings (SSSR count). The van der Waals surface area contributed by atoms with Crippen LogP contribution in [0.5, 0.6) is 0 Å². The molecule has 0 fully saturated rings. The highest BCUT2D eigenvalue weighted by atomic mass is 79.9. The molecule has 0 aliphatic heterocycles. The van der Waals surface area contributed by atoms with Crippen LogP contribution in [0.25, 0.3) is 16.7 Å². The van der Waals surface area contributed by atoms with Crippen molar-refractivity contribution in [2.45, 2.75) is 19.2 Å². The Kier molecular flexibility index (Phi) is 3.52. The fourth-order valence-electron chi connectivity index (χ4n) is 2.26. The molecule has 0 saturated carbocycles. The van der Waals surface area contributed by atoms with Crippen molar-refractivity contribution in [3.8, 4) is 5.69 Å². The summed E-state index contributed by atoms with van der Waals surface area (Å²) in [5.41, 5.74) is 4.09. The Morgan fingerprint density at radius 3 is 2.85 bits per heavy atom. The number of pyridine rings is 1. The van der Waals surface area contributed by atoms with Gasteiger partial charge in [-0.25, -0.2) is 4.98 Å². The molecule has 2 aromatic heterocycles. The summed E-state index contributed by atoms with van der Waals surface area (Å²) in [6.45, 7) is 4.00. The minimum atomic E-state index is -0.185. The molecule has 5 heteroatoms. The van der Waals surface area contributed by atoms with Crippen molar-refractivity contribution in [1.82, 2.24) is 14.5 Å². The van der Waals surface area contributed by atoms with Gasteiger partial charge in [-0.15, -0.1) is 11.6 Å². The lowest BCUT2D eigenvalue weighted by Crippen LogP contribution is -2.03. The summed E-state index contributed by atoms with van der Waals surface area (Å²) in [6, 6.07) is 8.19. The number of nitrogens with zero attached hydrogens (tertiary/aromatic N) is 3. The third-order valence-corrected chi connectivity index (χ3v) is 4.05. The van der Waals surface area contributed by atoms with Gasteiger partial charge in [0.2, 0.25) is 0 Å². The average Bonchev–Trinajstić information content (AvgIpc) is 2.81. The zero-order chi connectivity index (χ0) is 14.3. The number of fused-ring (bicyclic) bond motifs is 1. The summed E-state index contributed by atoms with van der Waals surface area (Å²) in [5, 5.41) is -0.185. The second kappa shape index (κ2) is 5.19. The van der Waals surface area contributed by atoms with E-state index in [0.717, 1.165) is 27.0 Å². The van der Waals surface area contributed by atoms with Crippen molar-refractivity contribution < 1.29 is 0 Å². The summed E-state index contributed by atoms with van der Waals surface area (Å²) in [5.74, 6) is 0.820. The highest BCUT2D eigenvalue weighted by Crippen LogP contribution is 2.31. The van der Waals surface area contributed by atoms with E-state index in [2.05, 4.69) is 49.5 Å². The first kappa shape index (κ1) is 13.6. The first-order valence-corrected chi connectivity index (χ1v) is 7.54. The maximum atomic E-state index is 6.30. The lowest BCUT2D eigenvalue weighted by Gasteiger charge is -2.13. The Morgan fingerprint density at radius 1 is 1.30 bits per heavy atom. The molecular formula is C15H13BrClN3. The number of rotatable bonds is 2. The van der Waals surface area contributed by atoms with Gasteiger partial charge in [-0.3, -0.25) is 9.55 Å². The molecule has 0 spiro atoms. The van der Waals surface area contributed by atoms with Gasteiger partial charge < -0.3 is 0 Å². The minimum Gasteiger partial charge on any atom is -0.294 e. The van der Waals surface area contributed by atoms with Crippen LogP contribution in [0.4, 0.5) is 0 Å². The summed E-state index contributed by atoms with van der Waals surface area (Å²) >= 11 is 9.92. The molecule has 1 atom stereocenters. The molecule has 1 aromatic carbocycles. The van der Waals surface area contributed by atoms with E-state index in [0.29, 0.717) is 0 Å². The van der Waals surface area contributed by atoms with E-state index in [9.17, 15) is 0 Å². The summed E-state index contributed by atoms with van der Waals surface area (Å²) in [6.07, 6.45) is 3.53. The van der Waals surface area contributed by atoms with Gasteiger partial charge in [-0.2, -0.15) is 0 Å². The number of benzene rings is 1. The number of aromatic nitrogens is 3. The number of halogens is 2. The Labute approximate surface area is 130 Å². The van der Waals surface area contributed by atoms with E-state index in [1.165, 1.54) is 5.56 Å². The van der Waals surface area contributed by atoms with Crippen LogP contribution >= 0.6 is 27.5 Å². The molecule has 0 bridgehead atoms. The molecule has 3 nitrogen and oxygen atoms in total. The van der Waals surface area contributed by atoms with E-state index in [4.69, 9.17) is 11.6 Å². The fraction of sp³-hybridized carbons (Fsp3) is 0.200. The zero-order valence-corrected chi connectivity index (χ0v) is 13.5. The van der Waals surface area contributed by atoms with Crippen LogP contribution in [0.2, 0.25) is 0 Å². The molecule has 0 saturated heterocycles. The van der Waals surface area contributed by atoms with Crippen molar-refractivity contribution in [2.75, 3.05) is 0 Å². The quantitative estimate of drug-likeness (QED) is 0.622. The lowest BCUT2D eigenvalue weighted by molar-refractivity contribution is 0.879. The van der Waals surface area contributed by atoms with Crippen LogP contribution < -0.4 is 0 Å². The first-order chi connectivity index (χ1) is 9.58. The number of hydrogen-bond donors (Lipinski definition) is 0. The van der Waals surface area contributed by atoms with Crippen LogP contribution in [0.1, 0.15) is 23.7 Å². The van der Waals surface area contributed by atoms with E-state index in [1.54, 1.807) is 12.4 Å². The van der Waals surface area contributed by atoms with Crippen LogP contribution in [0, 0.1) is 6.92 Å². The molecule has 102 valence electrons. The normalized spacial score (nSPS) is 12.8. The van der Waals surface area contributed by atoms with Gasteiger partial charge in [0, 0.05) is 10.7 Å². The molecule has 0 aliphatic rings. The molecular weight excluding hydrogens is 338 g/mol. The summed E-state index contributed by atoms with van der Waals surface area (Å²) < 4.78 is 3.10. The van der Waals surface area contributed by atoms with Crippen molar-refractivity contribution in [3.63, 3.8) is 0 Å². The van der Waals surface area contributed by atoms with Gasteiger partial charge in [-0.1, -0.05) is 6.07 Å². The van der Waals surface area contributed by atoms with E-state index in [-0.39, 0.29) is 5.38 Å². The second-order valence-electron chi connectivity index (χ2n) is 4.74. The third kappa shape index (κ3) is 2.23. The Balaban J connectivity index is 2.39. The van der Waals surface area contributed by atoms with Crippen molar-refractivity contribution >= 4 is 38.6 Å². The molecule has 3 aromatic rings. The molecule has 2 heterocycles. The predicted octanol–water partition coefficient (Wildman–Crippen LogP) is 4.79. The first-order valence-electron chi connectivity index (χ1n) is 6.31. The molecule has 0 N–H and O–H groups in total. The van der Waals surface area contributed by atoms with Crippen LogP contribution in [-0.2, 0) is 0 Å². The number of hydrogen-bond acceptors (Lipinski definition) is 2. The van der Waals surface area contributed by atoms with Crippen molar-refractivity contribution in [2.24, 2.45) is 0 Å². The topological polar surface area (TPSA) is 30.7 Å². The Bertz CT molecular complexity index is 780. The molecule has 1 unspecified atom stereocenters. The van der Waals surface area contributed by atoms with Gasteiger partial charge >= 0.3 is 0 Å². The number of imidazole rings is 1. The van der Waals surface area contributed by atoms with Crippen molar-refractivity contribution in [3.05, 3.63) is 52.5 Å². The smallest absolute Gasteiger partial charge is 0.132 e. The van der Waals surface area contributed by atoms with E-state index in [1.807, 2.05) is 19.1 Å². The van der Waals surface area contributed by atoms with Crippen LogP contribution in [0.15, 0.2) is 41.1 Å². The minimum absolute atomic E-state index is 0.185. The van der Waals surface area contributed by atoms with Gasteiger partial charge in [-0.05, 0) is 53.5 Å². The van der Waals surface area contributed by atoms with Gasteiger partial charge in [0.25, 0.3) is 0 Å². The molecule has 0 aliphatic carbocycles. The highest BCUT2D eigenvalue weighted by Gasteiger charge is 2.17.